The van der Waals surface area contributed by atoms with Gasteiger partial charge in [-0.1, -0.05) is 25.7 Å². The van der Waals surface area contributed by atoms with E-state index in [1.807, 2.05) is 0 Å². The number of thiophene rings is 1. The molecule has 0 saturated heterocycles. The van der Waals surface area contributed by atoms with Crippen molar-refractivity contribution in [3.63, 3.8) is 0 Å². The van der Waals surface area contributed by atoms with Crippen LogP contribution >= 0.6 is 27.3 Å². The van der Waals surface area contributed by atoms with Gasteiger partial charge < -0.3 is 10.4 Å². The van der Waals surface area contributed by atoms with Crippen LogP contribution in [0, 0.1) is 0 Å². The fraction of sp³-hybridized carbons (Fsp3) is 0.692. The lowest BCUT2D eigenvalue weighted by Gasteiger charge is -2.22. The van der Waals surface area contributed by atoms with Gasteiger partial charge in [0.2, 0.25) is 0 Å². The molecule has 1 aromatic rings. The second kappa shape index (κ2) is 6.88. The molecule has 1 unspecified atom stereocenters. The molecule has 17 heavy (non-hydrogen) atoms. The number of aliphatic hydroxyl groups excluding tert-OH is 1. The van der Waals surface area contributed by atoms with Crippen LogP contribution in [-0.2, 0) is 0 Å². The molecule has 1 atom stereocenters. The third kappa shape index (κ3) is 4.05. The Morgan fingerprint density at radius 1 is 1.29 bits per heavy atom. The Morgan fingerprint density at radius 3 is 2.53 bits per heavy atom. The van der Waals surface area contributed by atoms with Gasteiger partial charge in [0.25, 0.3) is 0 Å². The first kappa shape index (κ1) is 13.5. The summed E-state index contributed by atoms with van der Waals surface area (Å²) in [7, 11) is 0. The molecule has 1 aliphatic carbocycles. The topological polar surface area (TPSA) is 32.3 Å². The summed E-state index contributed by atoms with van der Waals surface area (Å²) in [5, 5.41) is 13.1. The van der Waals surface area contributed by atoms with E-state index >= 15 is 0 Å². The molecule has 2 rings (SSSR count). The molecule has 1 saturated carbocycles. The molecule has 1 fully saturated rings. The molecule has 1 aromatic heterocycles. The summed E-state index contributed by atoms with van der Waals surface area (Å²) >= 11 is 5.18. The third-order valence-electron chi connectivity index (χ3n) is 3.41. The van der Waals surface area contributed by atoms with Crippen molar-refractivity contribution in [3.8, 4) is 0 Å². The van der Waals surface area contributed by atoms with Gasteiger partial charge in [-0.2, -0.15) is 0 Å². The molecule has 1 heterocycles. The van der Waals surface area contributed by atoms with Crippen LogP contribution in [0.25, 0.3) is 0 Å². The van der Waals surface area contributed by atoms with Crippen LogP contribution in [-0.4, -0.2) is 17.8 Å². The zero-order chi connectivity index (χ0) is 12.1. The Morgan fingerprint density at radius 2 is 2.00 bits per heavy atom. The van der Waals surface area contributed by atoms with Gasteiger partial charge in [0.15, 0.2) is 0 Å². The molecule has 0 aliphatic heterocycles. The van der Waals surface area contributed by atoms with Crippen molar-refractivity contribution in [3.05, 3.63) is 20.8 Å². The van der Waals surface area contributed by atoms with Crippen LogP contribution in [0.2, 0.25) is 0 Å². The molecule has 96 valence electrons. The quantitative estimate of drug-likeness (QED) is 0.826. The smallest absolute Gasteiger partial charge is 0.0702 e. The van der Waals surface area contributed by atoms with Crippen LogP contribution < -0.4 is 5.32 Å². The van der Waals surface area contributed by atoms with Crippen molar-refractivity contribution in [1.29, 1.82) is 0 Å². The molecule has 1 aliphatic rings. The van der Waals surface area contributed by atoms with E-state index < -0.39 is 0 Å². The Kier molecular flexibility index (Phi) is 5.48. The van der Waals surface area contributed by atoms with E-state index in [4.69, 9.17) is 0 Å². The predicted molar refractivity (Wildman–Crippen MR) is 76.5 cm³/mol. The highest BCUT2D eigenvalue weighted by Crippen LogP contribution is 2.28. The first-order chi connectivity index (χ1) is 8.29. The molecule has 0 radical (unpaired) electrons. The largest absolute Gasteiger partial charge is 0.394 e. The van der Waals surface area contributed by atoms with E-state index in [0.717, 1.165) is 3.79 Å². The maximum atomic E-state index is 9.52. The number of halogens is 1. The molecular weight excluding hydrogens is 298 g/mol. The highest BCUT2D eigenvalue weighted by Gasteiger charge is 2.18. The van der Waals surface area contributed by atoms with Crippen molar-refractivity contribution in [2.45, 2.75) is 50.6 Å². The van der Waals surface area contributed by atoms with E-state index in [-0.39, 0.29) is 12.6 Å². The maximum Gasteiger partial charge on any atom is 0.0702 e. The van der Waals surface area contributed by atoms with Gasteiger partial charge in [-0.15, -0.1) is 11.3 Å². The van der Waals surface area contributed by atoms with E-state index in [2.05, 4.69) is 33.4 Å². The summed E-state index contributed by atoms with van der Waals surface area (Å²) in [6.45, 7) is 0.184. The van der Waals surface area contributed by atoms with Gasteiger partial charge in [0.1, 0.15) is 0 Å². The van der Waals surface area contributed by atoms with Crippen LogP contribution in [0.5, 0.6) is 0 Å². The van der Waals surface area contributed by atoms with Crippen molar-refractivity contribution < 1.29 is 5.11 Å². The fourth-order valence-corrected chi connectivity index (χ4v) is 3.95. The van der Waals surface area contributed by atoms with Crippen LogP contribution in [0.4, 0.5) is 0 Å². The number of hydrogen-bond donors (Lipinski definition) is 2. The average molecular weight is 318 g/mol. The van der Waals surface area contributed by atoms with Gasteiger partial charge in [-0.25, -0.2) is 0 Å². The number of aliphatic hydroxyl groups is 1. The molecule has 0 spiro atoms. The summed E-state index contributed by atoms with van der Waals surface area (Å²) in [5.41, 5.74) is 0. The summed E-state index contributed by atoms with van der Waals surface area (Å²) in [6.07, 6.45) is 7.89. The number of rotatable bonds is 4. The Hall–Kier alpha value is 0.1000. The van der Waals surface area contributed by atoms with Crippen molar-refractivity contribution in [1.82, 2.24) is 5.32 Å². The minimum absolute atomic E-state index is 0.106. The first-order valence-corrected chi connectivity index (χ1v) is 8.02. The van der Waals surface area contributed by atoms with E-state index in [1.165, 1.54) is 43.4 Å². The first-order valence-electron chi connectivity index (χ1n) is 6.41. The molecule has 0 amide bonds. The minimum Gasteiger partial charge on any atom is -0.394 e. The molecule has 0 aromatic carbocycles. The Bertz CT molecular complexity index is 334. The second-order valence-corrected chi connectivity index (χ2v) is 7.23. The normalized spacial score (nSPS) is 20.1. The lowest BCUT2D eigenvalue weighted by molar-refractivity contribution is 0.230. The van der Waals surface area contributed by atoms with Crippen LogP contribution in [0.1, 0.15) is 49.4 Å². The van der Waals surface area contributed by atoms with Gasteiger partial charge >= 0.3 is 0 Å². The summed E-state index contributed by atoms with van der Waals surface area (Å²) in [6, 6.07) is 4.83. The van der Waals surface area contributed by atoms with Crippen LogP contribution in [0.3, 0.4) is 0 Å². The predicted octanol–water partition coefficient (Wildman–Crippen LogP) is 3.86. The molecule has 2 N–H and O–H groups in total. The second-order valence-electron chi connectivity index (χ2n) is 4.73. The van der Waals surface area contributed by atoms with Gasteiger partial charge in [-0.3, -0.25) is 0 Å². The number of hydrogen-bond acceptors (Lipinski definition) is 3. The Balaban J connectivity index is 1.94. The molecule has 2 nitrogen and oxygen atoms in total. The van der Waals surface area contributed by atoms with Crippen molar-refractivity contribution in [2.75, 3.05) is 6.61 Å². The zero-order valence-corrected chi connectivity index (χ0v) is 12.4. The Labute approximate surface area is 116 Å². The molecule has 4 heteroatoms. The van der Waals surface area contributed by atoms with Gasteiger partial charge in [-0.05, 0) is 40.9 Å². The summed E-state index contributed by atoms with van der Waals surface area (Å²) in [4.78, 5) is 1.23. The van der Waals surface area contributed by atoms with Gasteiger partial charge in [0, 0.05) is 10.9 Å². The van der Waals surface area contributed by atoms with Crippen molar-refractivity contribution >= 4 is 27.3 Å². The highest BCUT2D eigenvalue weighted by atomic mass is 79.9. The lowest BCUT2D eigenvalue weighted by Crippen LogP contribution is -2.33. The average Bonchev–Trinajstić information content (AvgIpc) is 2.62. The van der Waals surface area contributed by atoms with E-state index in [0.29, 0.717) is 6.04 Å². The van der Waals surface area contributed by atoms with E-state index in [1.54, 1.807) is 11.3 Å². The number of nitrogens with one attached hydrogen (secondary N) is 1. The van der Waals surface area contributed by atoms with Crippen molar-refractivity contribution in [2.24, 2.45) is 0 Å². The standard InChI is InChI=1S/C13H20BrNOS/c14-13-8-7-12(17-13)11(9-16)15-10-5-3-1-2-4-6-10/h7-8,10-11,15-16H,1-6,9H2. The summed E-state index contributed by atoms with van der Waals surface area (Å²) < 4.78 is 1.13. The minimum atomic E-state index is 0.106. The third-order valence-corrected chi connectivity index (χ3v) is 5.15. The lowest BCUT2D eigenvalue weighted by atomic mass is 10.1. The summed E-state index contributed by atoms with van der Waals surface area (Å²) in [5.74, 6) is 0. The maximum absolute atomic E-state index is 9.52. The van der Waals surface area contributed by atoms with E-state index in [9.17, 15) is 5.11 Å². The monoisotopic (exact) mass is 317 g/mol. The highest BCUT2D eigenvalue weighted by molar-refractivity contribution is 9.11. The SMILES string of the molecule is OCC(NC1CCCCCC1)c1ccc(Br)s1. The zero-order valence-electron chi connectivity index (χ0n) is 9.99. The molecular formula is C13H20BrNOS. The van der Waals surface area contributed by atoms with Gasteiger partial charge in [0.05, 0.1) is 16.4 Å². The van der Waals surface area contributed by atoms with Crippen LogP contribution in [0.15, 0.2) is 15.9 Å². The molecule has 0 bridgehead atoms. The fourth-order valence-electron chi connectivity index (χ4n) is 2.47.